The lowest BCUT2D eigenvalue weighted by Gasteiger charge is -2.18. The third-order valence-electron chi connectivity index (χ3n) is 13.0. The van der Waals surface area contributed by atoms with Gasteiger partial charge in [-0.1, -0.05) is 113 Å². The number of halogens is 2. The Morgan fingerprint density at radius 3 is 1.51 bits per heavy atom. The van der Waals surface area contributed by atoms with Crippen LogP contribution in [-0.4, -0.2) is 61.3 Å². The summed E-state index contributed by atoms with van der Waals surface area (Å²) in [6, 6.07) is 43.9. The van der Waals surface area contributed by atoms with Crippen molar-refractivity contribution in [3.05, 3.63) is 188 Å². The molecular weight excluding hydrogens is 1220 g/mol. The van der Waals surface area contributed by atoms with Gasteiger partial charge in [-0.05, 0) is 164 Å². The second-order valence-electron chi connectivity index (χ2n) is 19.0. The van der Waals surface area contributed by atoms with Crippen LogP contribution < -0.4 is 33.2 Å². The number of rotatable bonds is 28. The van der Waals surface area contributed by atoms with Crippen molar-refractivity contribution in [1.82, 2.24) is 18.7 Å². The normalized spacial score (nSPS) is 10.9. The van der Waals surface area contributed by atoms with Gasteiger partial charge in [-0.25, -0.2) is 14.8 Å². The lowest BCUT2D eigenvalue weighted by atomic mass is 10.1. The second-order valence-corrected chi connectivity index (χ2v) is 21.9. The van der Waals surface area contributed by atoms with Crippen LogP contribution in [-0.2, 0) is 32.3 Å². The molecule has 0 spiro atoms. The number of hydrogen-bond acceptors (Lipinski definition) is 15. The summed E-state index contributed by atoms with van der Waals surface area (Å²) in [4.78, 5) is 20.4. The van der Waals surface area contributed by atoms with E-state index in [1.54, 1.807) is 24.3 Å². The molecule has 0 radical (unpaired) electrons. The average Bonchev–Trinajstić information content (AvgIpc) is 4.23. The molecule has 9 aromatic rings. The zero-order valence-corrected chi connectivity index (χ0v) is 51.8. The number of para-hydroxylation sites is 2. The van der Waals surface area contributed by atoms with Crippen molar-refractivity contribution in [2.75, 3.05) is 26.4 Å². The molecule has 2 heterocycles. The van der Waals surface area contributed by atoms with Gasteiger partial charge in [0.05, 0.1) is 37.6 Å². The third-order valence-corrected chi connectivity index (χ3v) is 15.7. The van der Waals surface area contributed by atoms with Gasteiger partial charge in [0.1, 0.15) is 79.7 Å². The summed E-state index contributed by atoms with van der Waals surface area (Å²) in [6.07, 6.45) is 6.34. The summed E-state index contributed by atoms with van der Waals surface area (Å²) in [7, 11) is 0. The Morgan fingerprint density at radius 1 is 0.506 bits per heavy atom. The van der Waals surface area contributed by atoms with Crippen LogP contribution in [0.5, 0.6) is 57.5 Å². The predicted octanol–water partition coefficient (Wildman–Crippen LogP) is 17.5. The van der Waals surface area contributed by atoms with Crippen molar-refractivity contribution in [2.24, 2.45) is 0 Å². The number of phenolic OH excluding ortho intramolecular Hbond substituents is 1. The Morgan fingerprint density at radius 2 is 0.976 bits per heavy atom. The minimum Gasteiger partial charge on any atom is -0.507 e. The zero-order valence-electron chi connectivity index (χ0n) is 47.0. The molecule has 0 aliphatic carbocycles. The van der Waals surface area contributed by atoms with Gasteiger partial charge in [0.15, 0.2) is 0 Å². The van der Waals surface area contributed by atoms with Crippen LogP contribution in [0, 0.1) is 6.92 Å². The van der Waals surface area contributed by atoms with E-state index >= 15 is 0 Å². The molecule has 9 rings (SSSR count). The van der Waals surface area contributed by atoms with Crippen LogP contribution >= 0.6 is 54.9 Å². The highest BCUT2D eigenvalue weighted by Gasteiger charge is 2.20. The number of nitrogens with zero attached hydrogens (tertiary/aromatic N) is 4. The van der Waals surface area contributed by atoms with E-state index < -0.39 is 5.97 Å². The summed E-state index contributed by atoms with van der Waals surface area (Å²) in [5.41, 5.74) is 7.86. The fourth-order valence-corrected chi connectivity index (χ4v) is 11.1. The number of carbonyl (C=O) groups is 1. The number of aromatic carboxylic acids is 1. The standard InChI is InChI=1S/C36H37BrN2O4S.C29H29BrN2O6S/c1-4-13-28-31(18-11-19-32(28)43-30-17-10-9-14-25(30)3)40-20-12-21-41-33-23-34(42-24-26-15-7-6-8-16-26)29(22-27(33)5-2)35-38-36(37)39-44-35;1-3-9-19-23(12-7-13-24(19)38-25-11-6-5-10-20(25)28(34)35)36-14-8-15-37-26-17-22(33)21(16-18(26)4-2)27-31-29(30)32-39-27/h6-11,14-19,22-23H,4-5,12-13,20-21,24H2,1-3H3;5-7,10-13,16-17,33H,3-4,8-9,14-15H2,1-2H3,(H,34,35). The van der Waals surface area contributed by atoms with E-state index in [-0.39, 0.29) is 17.1 Å². The van der Waals surface area contributed by atoms with Crippen molar-refractivity contribution in [2.45, 2.75) is 92.6 Å². The van der Waals surface area contributed by atoms with Crippen molar-refractivity contribution < 1.29 is 48.2 Å². The molecule has 0 fully saturated rings. The highest BCUT2D eigenvalue weighted by atomic mass is 79.9. The Bertz CT molecular complexity index is 3560. The number of aryl methyl sites for hydroxylation is 3. The fourth-order valence-electron chi connectivity index (χ4n) is 8.90. The molecule has 0 saturated heterocycles. The van der Waals surface area contributed by atoms with E-state index in [2.05, 4.69) is 103 Å². The summed E-state index contributed by atoms with van der Waals surface area (Å²) in [6.45, 7) is 12.7. The molecular formula is C65H66Br2N4O10S2. The lowest BCUT2D eigenvalue weighted by molar-refractivity contribution is 0.0694. The van der Waals surface area contributed by atoms with E-state index in [9.17, 15) is 15.0 Å². The number of carboxylic acid groups (broad SMARTS) is 1. The smallest absolute Gasteiger partial charge is 0.339 e. The topological polar surface area (TPSA) is 174 Å². The average molecular weight is 1290 g/mol. The molecule has 0 aliphatic rings. The largest absolute Gasteiger partial charge is 0.507 e. The number of aromatic hydroxyl groups is 1. The van der Waals surface area contributed by atoms with Gasteiger partial charge in [0, 0.05) is 36.1 Å². The quantitative estimate of drug-likeness (QED) is 0.0443. The van der Waals surface area contributed by atoms with E-state index in [1.807, 2.05) is 91.9 Å². The molecule has 0 bridgehead atoms. The van der Waals surface area contributed by atoms with Gasteiger partial charge in [-0.3, -0.25) is 0 Å². The van der Waals surface area contributed by atoms with Crippen molar-refractivity contribution in [1.29, 1.82) is 0 Å². The fraction of sp³-hybridized carbons (Fsp3) is 0.277. The first-order chi connectivity index (χ1) is 40.5. The number of aromatic nitrogens is 4. The Kier molecular flexibility index (Phi) is 23.2. The minimum absolute atomic E-state index is 0.0904. The SMILES string of the molecule is CCCc1c(OCCCOc2cc(O)c(-c3nc(Br)ns3)cc2CC)cccc1Oc1ccccc1C(=O)O.CCCc1c(OCCCOc2cc(OCc3ccccc3)c(-c3nc(Br)ns3)cc2CC)cccc1Oc1ccccc1C. The summed E-state index contributed by atoms with van der Waals surface area (Å²) in [5, 5.41) is 21.5. The molecule has 0 atom stereocenters. The summed E-state index contributed by atoms with van der Waals surface area (Å²) < 4.78 is 52.9. The monoisotopic (exact) mass is 1280 g/mol. The van der Waals surface area contributed by atoms with Gasteiger partial charge in [0.25, 0.3) is 0 Å². The molecule has 0 aliphatic heterocycles. The van der Waals surface area contributed by atoms with Gasteiger partial charge in [-0.2, -0.15) is 8.75 Å². The molecule has 14 nitrogen and oxygen atoms in total. The number of hydrogen-bond donors (Lipinski definition) is 2. The van der Waals surface area contributed by atoms with Crippen LogP contribution in [0.25, 0.3) is 21.1 Å². The number of phenols is 1. The van der Waals surface area contributed by atoms with Crippen LogP contribution in [0.15, 0.2) is 149 Å². The van der Waals surface area contributed by atoms with E-state index in [1.165, 1.54) is 29.1 Å². The van der Waals surface area contributed by atoms with E-state index in [0.717, 1.165) is 111 Å². The minimum atomic E-state index is -1.04. The Balaban J connectivity index is 0.000000219. The predicted molar refractivity (Wildman–Crippen MR) is 334 cm³/mol. The molecule has 0 saturated carbocycles. The molecule has 432 valence electrons. The lowest BCUT2D eigenvalue weighted by Crippen LogP contribution is -2.08. The number of carboxylic acids is 1. The molecule has 83 heavy (non-hydrogen) atoms. The molecule has 0 amide bonds. The van der Waals surface area contributed by atoms with Gasteiger partial charge < -0.3 is 43.4 Å². The van der Waals surface area contributed by atoms with Crippen molar-refractivity contribution in [3.63, 3.8) is 0 Å². The Hall–Kier alpha value is -7.51. The molecule has 7 aromatic carbocycles. The second kappa shape index (κ2) is 31.2. The first-order valence-electron chi connectivity index (χ1n) is 27.6. The maximum absolute atomic E-state index is 11.6. The van der Waals surface area contributed by atoms with Gasteiger partial charge >= 0.3 is 5.97 Å². The number of benzene rings is 7. The van der Waals surface area contributed by atoms with Crippen molar-refractivity contribution >= 4 is 60.9 Å². The first-order valence-corrected chi connectivity index (χ1v) is 30.8. The summed E-state index contributed by atoms with van der Waals surface area (Å²) in [5.74, 6) is 5.31. The van der Waals surface area contributed by atoms with Crippen LogP contribution in [0.1, 0.15) is 97.1 Å². The maximum atomic E-state index is 11.6. The highest BCUT2D eigenvalue weighted by Crippen LogP contribution is 2.41. The van der Waals surface area contributed by atoms with Crippen molar-refractivity contribution in [3.8, 4) is 78.6 Å². The van der Waals surface area contributed by atoms with Gasteiger partial charge in [-0.15, -0.1) is 0 Å². The molecule has 18 heteroatoms. The van der Waals surface area contributed by atoms with Crippen LogP contribution in [0.3, 0.4) is 0 Å². The molecule has 2 aromatic heterocycles. The highest BCUT2D eigenvalue weighted by molar-refractivity contribution is 9.10. The third kappa shape index (κ3) is 17.1. The number of ether oxygens (including phenoxy) is 7. The van der Waals surface area contributed by atoms with E-state index in [0.29, 0.717) is 83.2 Å². The molecule has 2 N–H and O–H groups in total. The van der Waals surface area contributed by atoms with Gasteiger partial charge in [0.2, 0.25) is 9.47 Å². The van der Waals surface area contributed by atoms with Crippen LogP contribution in [0.2, 0.25) is 0 Å². The Labute approximate surface area is 510 Å². The van der Waals surface area contributed by atoms with Crippen LogP contribution in [0.4, 0.5) is 0 Å². The summed E-state index contributed by atoms with van der Waals surface area (Å²) >= 11 is 9.18. The zero-order chi connectivity index (χ0) is 58.5. The molecule has 0 unspecified atom stereocenters. The maximum Gasteiger partial charge on any atom is 0.339 e. The first kappa shape index (κ1) is 61.6. The van der Waals surface area contributed by atoms with E-state index in [4.69, 9.17) is 33.2 Å².